The maximum atomic E-state index is 13.5. The van der Waals surface area contributed by atoms with Gasteiger partial charge in [0.2, 0.25) is 0 Å². The highest BCUT2D eigenvalue weighted by Gasteiger charge is 2.19. The lowest BCUT2D eigenvalue weighted by Crippen LogP contribution is -2.03. The Morgan fingerprint density at radius 1 is 1.00 bits per heavy atom. The highest BCUT2D eigenvalue weighted by Crippen LogP contribution is 2.31. The van der Waals surface area contributed by atoms with Crippen LogP contribution in [-0.4, -0.2) is 0 Å². The number of rotatable bonds is 2. The van der Waals surface area contributed by atoms with E-state index < -0.39 is 29.0 Å². The van der Waals surface area contributed by atoms with Crippen molar-refractivity contribution in [3.63, 3.8) is 0 Å². The predicted octanol–water partition coefficient (Wildman–Crippen LogP) is 4.51. The Labute approximate surface area is 116 Å². The van der Waals surface area contributed by atoms with E-state index in [2.05, 4.69) is 5.32 Å². The van der Waals surface area contributed by atoms with E-state index in [1.165, 1.54) is 18.2 Å². The molecule has 0 heterocycles. The van der Waals surface area contributed by atoms with E-state index >= 15 is 0 Å². The van der Waals surface area contributed by atoms with Gasteiger partial charge in [-0.3, -0.25) is 0 Å². The van der Waals surface area contributed by atoms with E-state index in [9.17, 15) is 17.6 Å². The summed E-state index contributed by atoms with van der Waals surface area (Å²) < 4.78 is 53.0. The molecule has 20 heavy (non-hydrogen) atoms. The van der Waals surface area contributed by atoms with Crippen LogP contribution in [-0.2, 0) is 0 Å². The summed E-state index contributed by atoms with van der Waals surface area (Å²) in [6, 6.07) is 5.77. The zero-order valence-corrected chi connectivity index (χ0v) is 10.4. The second-order valence-corrected chi connectivity index (χ2v) is 4.18. The Hall–Kier alpha value is -2.26. The van der Waals surface area contributed by atoms with Crippen LogP contribution in [0.4, 0.5) is 28.9 Å². The van der Waals surface area contributed by atoms with Crippen LogP contribution in [0.15, 0.2) is 24.3 Å². The topological polar surface area (TPSA) is 35.8 Å². The zero-order chi connectivity index (χ0) is 14.9. The van der Waals surface area contributed by atoms with Crippen molar-refractivity contribution in [3.05, 3.63) is 58.1 Å². The Kier molecular flexibility index (Phi) is 3.81. The van der Waals surface area contributed by atoms with Crippen molar-refractivity contribution >= 4 is 23.0 Å². The molecule has 0 aliphatic carbocycles. The van der Waals surface area contributed by atoms with Crippen LogP contribution in [0.3, 0.4) is 0 Å². The number of nitrogens with one attached hydrogen (secondary N) is 1. The van der Waals surface area contributed by atoms with Crippen LogP contribution in [0.25, 0.3) is 0 Å². The predicted molar refractivity (Wildman–Crippen MR) is 65.7 cm³/mol. The Bertz CT molecular complexity index is 699. The van der Waals surface area contributed by atoms with Crippen molar-refractivity contribution in [1.29, 1.82) is 5.26 Å². The molecule has 0 radical (unpaired) electrons. The van der Waals surface area contributed by atoms with Gasteiger partial charge in [-0.25, -0.2) is 17.6 Å². The van der Waals surface area contributed by atoms with Gasteiger partial charge in [-0.15, -0.1) is 0 Å². The fraction of sp³-hybridized carbons (Fsp3) is 0. The summed E-state index contributed by atoms with van der Waals surface area (Å²) in [6.45, 7) is 0. The van der Waals surface area contributed by atoms with Gasteiger partial charge in [0.15, 0.2) is 23.3 Å². The molecule has 2 aromatic rings. The maximum absolute atomic E-state index is 13.5. The second-order valence-electron chi connectivity index (χ2n) is 3.77. The highest BCUT2D eigenvalue weighted by atomic mass is 35.5. The summed E-state index contributed by atoms with van der Waals surface area (Å²) in [7, 11) is 0. The minimum Gasteiger partial charge on any atom is -0.349 e. The summed E-state index contributed by atoms with van der Waals surface area (Å²) in [5, 5.41) is 10.8. The Balaban J connectivity index is 2.48. The monoisotopic (exact) mass is 300 g/mol. The molecule has 0 spiro atoms. The first-order valence-corrected chi connectivity index (χ1v) is 5.61. The summed E-state index contributed by atoms with van der Waals surface area (Å²) in [6.07, 6.45) is 0. The smallest absolute Gasteiger partial charge is 0.185 e. The molecule has 0 saturated carbocycles. The number of anilines is 2. The van der Waals surface area contributed by atoms with Gasteiger partial charge in [0.05, 0.1) is 22.3 Å². The lowest BCUT2D eigenvalue weighted by atomic mass is 10.2. The highest BCUT2D eigenvalue weighted by molar-refractivity contribution is 6.33. The molecule has 0 aliphatic rings. The molecule has 0 saturated heterocycles. The molecule has 0 bridgehead atoms. The minimum absolute atomic E-state index is 0.00784. The summed E-state index contributed by atoms with van der Waals surface area (Å²) >= 11 is 5.80. The van der Waals surface area contributed by atoms with E-state index in [1.54, 1.807) is 0 Å². The van der Waals surface area contributed by atoms with Crippen LogP contribution >= 0.6 is 11.6 Å². The lowest BCUT2D eigenvalue weighted by molar-refractivity contribution is 0.459. The van der Waals surface area contributed by atoms with Gasteiger partial charge in [-0.1, -0.05) is 11.6 Å². The van der Waals surface area contributed by atoms with Crippen molar-refractivity contribution in [1.82, 2.24) is 0 Å². The first-order valence-electron chi connectivity index (χ1n) is 5.23. The SMILES string of the molecule is N#Cc1ccc(Nc2c(F)c(F)cc(F)c2F)c(Cl)c1. The lowest BCUT2D eigenvalue weighted by Gasteiger charge is -2.11. The zero-order valence-electron chi connectivity index (χ0n) is 9.65. The van der Waals surface area contributed by atoms with Gasteiger partial charge in [0, 0.05) is 6.07 Å². The molecule has 7 heteroatoms. The van der Waals surface area contributed by atoms with Crippen LogP contribution in [0, 0.1) is 34.6 Å². The average Bonchev–Trinajstić information content (AvgIpc) is 2.42. The summed E-state index contributed by atoms with van der Waals surface area (Å²) in [5.74, 6) is -6.19. The van der Waals surface area contributed by atoms with Crippen LogP contribution in [0.2, 0.25) is 5.02 Å². The molecular weight excluding hydrogens is 296 g/mol. The van der Waals surface area contributed by atoms with Crippen molar-refractivity contribution < 1.29 is 17.6 Å². The molecule has 102 valence electrons. The van der Waals surface area contributed by atoms with Gasteiger partial charge in [-0.05, 0) is 18.2 Å². The molecule has 0 aromatic heterocycles. The van der Waals surface area contributed by atoms with Crippen molar-refractivity contribution in [2.45, 2.75) is 0 Å². The first kappa shape index (κ1) is 14.2. The molecule has 0 fully saturated rings. The second kappa shape index (κ2) is 5.39. The quantitative estimate of drug-likeness (QED) is 0.654. The van der Waals surface area contributed by atoms with Crippen molar-refractivity contribution in [3.8, 4) is 6.07 Å². The number of hydrogen-bond acceptors (Lipinski definition) is 2. The van der Waals surface area contributed by atoms with Crippen molar-refractivity contribution in [2.24, 2.45) is 0 Å². The molecule has 2 aromatic carbocycles. The van der Waals surface area contributed by atoms with E-state index in [1.807, 2.05) is 6.07 Å². The van der Waals surface area contributed by atoms with Gasteiger partial charge in [0.25, 0.3) is 0 Å². The van der Waals surface area contributed by atoms with Gasteiger partial charge < -0.3 is 5.32 Å². The molecule has 0 unspecified atom stereocenters. The summed E-state index contributed by atoms with van der Waals surface area (Å²) in [4.78, 5) is 0. The van der Waals surface area contributed by atoms with Gasteiger partial charge >= 0.3 is 0 Å². The van der Waals surface area contributed by atoms with E-state index in [4.69, 9.17) is 16.9 Å². The normalized spacial score (nSPS) is 10.2. The number of nitrogens with zero attached hydrogens (tertiary/aromatic N) is 1. The first-order chi connectivity index (χ1) is 9.43. The maximum Gasteiger partial charge on any atom is 0.185 e. The molecule has 0 aliphatic heterocycles. The molecule has 0 amide bonds. The number of hydrogen-bond donors (Lipinski definition) is 1. The number of benzene rings is 2. The van der Waals surface area contributed by atoms with Crippen molar-refractivity contribution in [2.75, 3.05) is 5.32 Å². The van der Waals surface area contributed by atoms with E-state index in [-0.39, 0.29) is 22.3 Å². The fourth-order valence-electron chi connectivity index (χ4n) is 1.50. The average molecular weight is 301 g/mol. The third-order valence-corrected chi connectivity index (χ3v) is 2.78. The molecule has 2 nitrogen and oxygen atoms in total. The molecular formula is C13H5ClF4N2. The van der Waals surface area contributed by atoms with E-state index in [0.717, 1.165) is 0 Å². The van der Waals surface area contributed by atoms with Gasteiger partial charge in [-0.2, -0.15) is 5.26 Å². The minimum atomic E-state index is -1.57. The summed E-state index contributed by atoms with van der Waals surface area (Å²) in [5.41, 5.74) is -0.755. The third kappa shape index (κ3) is 2.53. The molecule has 2 rings (SSSR count). The Morgan fingerprint density at radius 2 is 1.60 bits per heavy atom. The van der Waals surface area contributed by atoms with Crippen LogP contribution in [0.1, 0.15) is 5.56 Å². The molecule has 0 atom stereocenters. The number of halogens is 5. The largest absolute Gasteiger partial charge is 0.349 e. The van der Waals surface area contributed by atoms with E-state index in [0.29, 0.717) is 0 Å². The number of nitriles is 1. The van der Waals surface area contributed by atoms with Crippen LogP contribution < -0.4 is 5.32 Å². The standard InChI is InChI=1S/C13H5ClF4N2/c14-7-3-6(5-19)1-2-10(7)20-13-11(17)8(15)4-9(16)12(13)18/h1-4,20H. The van der Waals surface area contributed by atoms with Gasteiger partial charge in [0.1, 0.15) is 5.69 Å². The van der Waals surface area contributed by atoms with Crippen LogP contribution in [0.5, 0.6) is 0 Å². The third-order valence-electron chi connectivity index (χ3n) is 2.47. The Morgan fingerprint density at radius 3 is 2.10 bits per heavy atom. The fourth-order valence-corrected chi connectivity index (χ4v) is 1.73. The molecule has 1 N–H and O–H groups in total.